The molecule has 126 valence electrons. The molecule has 0 bridgehead atoms. The van der Waals surface area contributed by atoms with Gasteiger partial charge in [0.1, 0.15) is 5.82 Å². The largest absolute Gasteiger partial charge is 0.359 e. The summed E-state index contributed by atoms with van der Waals surface area (Å²) < 4.78 is 39.3. The predicted octanol–water partition coefficient (Wildman–Crippen LogP) is 4.40. The summed E-state index contributed by atoms with van der Waals surface area (Å²) in [7, 11) is 0. The number of halogens is 3. The SMILES string of the molecule is CC1(Nc2nc(-c3ccc(F)cc3)ccc2[N+](=O)[O-])CC(F)(F)C1. The third-order valence-electron chi connectivity index (χ3n) is 3.93. The highest BCUT2D eigenvalue weighted by atomic mass is 19.3. The molecule has 1 N–H and O–H groups in total. The molecule has 24 heavy (non-hydrogen) atoms. The molecular weight excluding hydrogens is 323 g/mol. The first kappa shape index (κ1) is 16.2. The Labute approximate surface area is 135 Å². The number of nitro groups is 1. The van der Waals surface area contributed by atoms with Gasteiger partial charge in [-0.05, 0) is 37.3 Å². The van der Waals surface area contributed by atoms with E-state index in [1.165, 1.54) is 36.4 Å². The number of nitrogens with one attached hydrogen (secondary N) is 1. The smallest absolute Gasteiger partial charge is 0.311 e. The second kappa shape index (κ2) is 5.47. The van der Waals surface area contributed by atoms with E-state index in [0.29, 0.717) is 11.3 Å². The van der Waals surface area contributed by atoms with Gasteiger partial charge in [-0.25, -0.2) is 18.2 Å². The monoisotopic (exact) mass is 337 g/mol. The van der Waals surface area contributed by atoms with Crippen LogP contribution in [-0.4, -0.2) is 21.4 Å². The molecule has 2 aromatic rings. The first-order chi connectivity index (χ1) is 11.2. The van der Waals surface area contributed by atoms with Gasteiger partial charge in [-0.2, -0.15) is 0 Å². The molecule has 1 fully saturated rings. The Hall–Kier alpha value is -2.64. The summed E-state index contributed by atoms with van der Waals surface area (Å²) in [5.41, 5.74) is -0.295. The van der Waals surface area contributed by atoms with E-state index in [1.54, 1.807) is 6.92 Å². The van der Waals surface area contributed by atoms with Crippen LogP contribution in [0, 0.1) is 15.9 Å². The van der Waals surface area contributed by atoms with E-state index < -0.39 is 35.0 Å². The van der Waals surface area contributed by atoms with Gasteiger partial charge in [0.2, 0.25) is 5.82 Å². The molecular formula is C16H14F3N3O2. The van der Waals surface area contributed by atoms with Gasteiger partial charge in [-0.15, -0.1) is 0 Å². The van der Waals surface area contributed by atoms with Crippen LogP contribution in [0.25, 0.3) is 11.3 Å². The van der Waals surface area contributed by atoms with E-state index in [1.807, 2.05) is 0 Å². The second-order valence-corrected chi connectivity index (χ2v) is 6.22. The Kier molecular flexibility index (Phi) is 3.70. The van der Waals surface area contributed by atoms with E-state index in [4.69, 9.17) is 0 Å². The molecule has 0 unspecified atom stereocenters. The number of hydrogen-bond donors (Lipinski definition) is 1. The number of nitrogens with zero attached hydrogens (tertiary/aromatic N) is 2. The molecule has 1 aromatic carbocycles. The van der Waals surface area contributed by atoms with Gasteiger partial charge in [0.15, 0.2) is 0 Å². The van der Waals surface area contributed by atoms with E-state index in [-0.39, 0.29) is 11.5 Å². The number of anilines is 1. The van der Waals surface area contributed by atoms with Crippen molar-refractivity contribution in [1.29, 1.82) is 0 Å². The van der Waals surface area contributed by atoms with Crippen molar-refractivity contribution in [1.82, 2.24) is 4.98 Å². The van der Waals surface area contributed by atoms with Crippen LogP contribution in [0.5, 0.6) is 0 Å². The van der Waals surface area contributed by atoms with Crippen LogP contribution in [0.2, 0.25) is 0 Å². The summed E-state index contributed by atoms with van der Waals surface area (Å²) >= 11 is 0. The van der Waals surface area contributed by atoms with Gasteiger partial charge in [0.05, 0.1) is 10.6 Å². The van der Waals surface area contributed by atoms with Crippen LogP contribution in [0.15, 0.2) is 36.4 Å². The quantitative estimate of drug-likeness (QED) is 0.663. The maximum atomic E-state index is 13.1. The van der Waals surface area contributed by atoms with Crippen LogP contribution in [0.4, 0.5) is 24.7 Å². The van der Waals surface area contributed by atoms with Crippen molar-refractivity contribution in [3.63, 3.8) is 0 Å². The molecule has 5 nitrogen and oxygen atoms in total. The second-order valence-electron chi connectivity index (χ2n) is 6.22. The van der Waals surface area contributed by atoms with Crippen LogP contribution in [0.1, 0.15) is 19.8 Å². The van der Waals surface area contributed by atoms with E-state index in [2.05, 4.69) is 10.3 Å². The van der Waals surface area contributed by atoms with Gasteiger partial charge < -0.3 is 5.32 Å². The lowest BCUT2D eigenvalue weighted by atomic mass is 9.75. The van der Waals surface area contributed by atoms with E-state index >= 15 is 0 Å². The molecule has 0 amide bonds. The number of alkyl halides is 2. The fourth-order valence-electron chi connectivity index (χ4n) is 2.94. The zero-order chi connectivity index (χ0) is 17.5. The molecule has 3 rings (SSSR count). The van der Waals surface area contributed by atoms with Gasteiger partial charge in [0, 0.05) is 30.0 Å². The highest BCUT2D eigenvalue weighted by Gasteiger charge is 2.54. The normalized spacial score (nSPS) is 17.8. The summed E-state index contributed by atoms with van der Waals surface area (Å²) in [6.07, 6.45) is -0.834. The summed E-state index contributed by atoms with van der Waals surface area (Å²) in [6, 6.07) is 8.18. The average molecular weight is 337 g/mol. The van der Waals surface area contributed by atoms with Crippen molar-refractivity contribution < 1.29 is 18.1 Å². The number of rotatable bonds is 4. The molecule has 1 aliphatic rings. The fourth-order valence-corrected chi connectivity index (χ4v) is 2.94. The number of aromatic nitrogens is 1. The Bertz CT molecular complexity index is 786. The highest BCUT2D eigenvalue weighted by Crippen LogP contribution is 2.47. The average Bonchev–Trinajstić information content (AvgIpc) is 2.45. The first-order valence-corrected chi connectivity index (χ1v) is 7.25. The molecule has 1 aromatic heterocycles. The first-order valence-electron chi connectivity index (χ1n) is 7.25. The Morgan fingerprint density at radius 1 is 1.17 bits per heavy atom. The molecule has 1 saturated carbocycles. The third kappa shape index (κ3) is 3.17. The topological polar surface area (TPSA) is 68.1 Å². The molecule has 0 aliphatic heterocycles. The minimum Gasteiger partial charge on any atom is -0.359 e. The lowest BCUT2D eigenvalue weighted by Gasteiger charge is -2.45. The fraction of sp³-hybridized carbons (Fsp3) is 0.312. The van der Waals surface area contributed by atoms with Crippen molar-refractivity contribution >= 4 is 11.5 Å². The van der Waals surface area contributed by atoms with Crippen molar-refractivity contribution in [2.75, 3.05) is 5.32 Å². The minimum absolute atomic E-state index is 0.0696. The summed E-state index contributed by atoms with van der Waals surface area (Å²) in [6.45, 7) is 1.57. The van der Waals surface area contributed by atoms with Crippen LogP contribution in [-0.2, 0) is 0 Å². The number of hydrogen-bond acceptors (Lipinski definition) is 4. The number of benzene rings is 1. The lowest BCUT2D eigenvalue weighted by molar-refractivity contribution is -0.384. The number of pyridine rings is 1. The lowest BCUT2D eigenvalue weighted by Crippen LogP contribution is -2.54. The maximum absolute atomic E-state index is 13.1. The predicted molar refractivity (Wildman–Crippen MR) is 82.5 cm³/mol. The zero-order valence-electron chi connectivity index (χ0n) is 12.7. The van der Waals surface area contributed by atoms with Gasteiger partial charge in [0.25, 0.3) is 5.92 Å². The molecule has 8 heteroatoms. The summed E-state index contributed by atoms with van der Waals surface area (Å²) in [5, 5.41) is 13.9. The van der Waals surface area contributed by atoms with Crippen molar-refractivity contribution in [3.8, 4) is 11.3 Å². The highest BCUT2D eigenvalue weighted by molar-refractivity contribution is 5.67. The van der Waals surface area contributed by atoms with E-state index in [0.717, 1.165) is 0 Å². The van der Waals surface area contributed by atoms with Gasteiger partial charge in [-0.1, -0.05) is 0 Å². The zero-order valence-corrected chi connectivity index (χ0v) is 12.7. The Morgan fingerprint density at radius 3 is 2.33 bits per heavy atom. The molecule has 0 radical (unpaired) electrons. The summed E-state index contributed by atoms with van der Waals surface area (Å²) in [5.74, 6) is -3.26. The van der Waals surface area contributed by atoms with Crippen LogP contribution < -0.4 is 5.32 Å². The van der Waals surface area contributed by atoms with Crippen molar-refractivity contribution in [2.45, 2.75) is 31.2 Å². The minimum atomic E-state index is -2.77. The Balaban J connectivity index is 1.95. The molecule has 1 aliphatic carbocycles. The molecule has 0 atom stereocenters. The van der Waals surface area contributed by atoms with Crippen molar-refractivity contribution in [3.05, 3.63) is 52.3 Å². The molecule has 0 spiro atoms. The van der Waals surface area contributed by atoms with Gasteiger partial charge in [-0.3, -0.25) is 10.1 Å². The van der Waals surface area contributed by atoms with E-state index in [9.17, 15) is 23.3 Å². The Morgan fingerprint density at radius 2 is 1.79 bits per heavy atom. The van der Waals surface area contributed by atoms with Gasteiger partial charge >= 0.3 is 5.69 Å². The molecule has 0 saturated heterocycles. The summed E-state index contributed by atoms with van der Waals surface area (Å²) in [4.78, 5) is 14.7. The van der Waals surface area contributed by atoms with Crippen LogP contribution >= 0.6 is 0 Å². The third-order valence-corrected chi connectivity index (χ3v) is 3.93. The van der Waals surface area contributed by atoms with Crippen molar-refractivity contribution in [2.24, 2.45) is 0 Å². The maximum Gasteiger partial charge on any atom is 0.311 e. The van der Waals surface area contributed by atoms with Crippen LogP contribution in [0.3, 0.4) is 0 Å². The molecule has 1 heterocycles. The standard InChI is InChI=1S/C16H14F3N3O2/c1-15(8-16(18,19)9-15)21-14-13(22(23)24)7-6-12(20-14)10-2-4-11(17)5-3-10/h2-7H,8-9H2,1H3,(H,20,21).